The highest BCUT2D eigenvalue weighted by Gasteiger charge is 2.16. The molecule has 0 radical (unpaired) electrons. The molecule has 7 nitrogen and oxygen atoms in total. The van der Waals surface area contributed by atoms with Crippen LogP contribution in [-0.2, 0) is 4.74 Å². The highest BCUT2D eigenvalue weighted by Crippen LogP contribution is 2.23. The van der Waals surface area contributed by atoms with Gasteiger partial charge in [-0.2, -0.15) is 5.10 Å². The Bertz CT molecular complexity index is 641. The van der Waals surface area contributed by atoms with E-state index in [1.165, 1.54) is 6.33 Å². The molecule has 2 N–H and O–H groups in total. The first-order valence-corrected chi connectivity index (χ1v) is 7.41. The molecular formula is C14H16ClN5O2. The van der Waals surface area contributed by atoms with E-state index in [2.05, 4.69) is 20.7 Å². The number of aromatic nitrogens is 3. The Morgan fingerprint density at radius 2 is 2.41 bits per heavy atom. The number of amides is 2. The lowest BCUT2D eigenvalue weighted by molar-refractivity contribution is 0.112. The standard InChI is InChI=1S/C14H16ClN5O2/c15-10-3-4-13(20-9-16-8-18-20)12(6-10)19-14(21)17-7-11-2-1-5-22-11/h3-4,6,8-9,11H,1-2,5,7H2,(H2,17,19,21)/t11-/m0/s1. The normalized spacial score (nSPS) is 17.4. The van der Waals surface area contributed by atoms with E-state index in [1.807, 2.05) is 0 Å². The van der Waals surface area contributed by atoms with Gasteiger partial charge in [-0.25, -0.2) is 14.5 Å². The molecule has 2 aromatic rings. The summed E-state index contributed by atoms with van der Waals surface area (Å²) >= 11 is 6.01. The van der Waals surface area contributed by atoms with E-state index in [0.29, 0.717) is 22.9 Å². The molecule has 1 saturated heterocycles. The molecule has 0 saturated carbocycles. The zero-order chi connectivity index (χ0) is 15.4. The molecule has 116 valence electrons. The van der Waals surface area contributed by atoms with Crippen molar-refractivity contribution in [2.24, 2.45) is 0 Å². The quantitative estimate of drug-likeness (QED) is 0.904. The summed E-state index contributed by atoms with van der Waals surface area (Å²) in [5.41, 5.74) is 1.25. The molecule has 0 bridgehead atoms. The molecule has 1 aliphatic rings. The van der Waals surface area contributed by atoms with Gasteiger partial charge in [0.05, 0.1) is 17.5 Å². The summed E-state index contributed by atoms with van der Waals surface area (Å²) in [6.07, 6.45) is 5.09. The number of nitrogens with zero attached hydrogens (tertiary/aromatic N) is 3. The van der Waals surface area contributed by atoms with Crippen molar-refractivity contribution in [3.63, 3.8) is 0 Å². The Hall–Kier alpha value is -2.12. The third-order valence-corrected chi connectivity index (χ3v) is 3.62. The Labute approximate surface area is 132 Å². The maximum atomic E-state index is 12.0. The Morgan fingerprint density at radius 1 is 1.50 bits per heavy atom. The van der Waals surface area contributed by atoms with Crippen molar-refractivity contribution in [2.75, 3.05) is 18.5 Å². The van der Waals surface area contributed by atoms with Crippen molar-refractivity contribution >= 4 is 23.3 Å². The largest absolute Gasteiger partial charge is 0.376 e. The van der Waals surface area contributed by atoms with Gasteiger partial charge in [-0.3, -0.25) is 0 Å². The SMILES string of the molecule is O=C(NC[C@@H]1CCCO1)Nc1cc(Cl)ccc1-n1cncn1. The number of rotatable bonds is 4. The van der Waals surface area contributed by atoms with Gasteiger partial charge in [-0.05, 0) is 31.0 Å². The second-order valence-corrected chi connectivity index (χ2v) is 5.41. The van der Waals surface area contributed by atoms with E-state index >= 15 is 0 Å². The van der Waals surface area contributed by atoms with Crippen LogP contribution in [0.1, 0.15) is 12.8 Å². The average Bonchev–Trinajstić information content (AvgIpc) is 3.19. The summed E-state index contributed by atoms with van der Waals surface area (Å²) in [6, 6.07) is 4.87. The highest BCUT2D eigenvalue weighted by atomic mass is 35.5. The zero-order valence-electron chi connectivity index (χ0n) is 11.8. The lowest BCUT2D eigenvalue weighted by Crippen LogP contribution is -2.35. The molecule has 0 spiro atoms. The van der Waals surface area contributed by atoms with Gasteiger partial charge in [0, 0.05) is 18.2 Å². The molecule has 8 heteroatoms. The molecular weight excluding hydrogens is 306 g/mol. The lowest BCUT2D eigenvalue weighted by atomic mass is 10.2. The third kappa shape index (κ3) is 3.55. The fourth-order valence-electron chi connectivity index (χ4n) is 2.32. The molecule has 2 heterocycles. The van der Waals surface area contributed by atoms with E-state index in [9.17, 15) is 4.79 Å². The van der Waals surface area contributed by atoms with Crippen LogP contribution in [0.15, 0.2) is 30.9 Å². The number of carbonyl (C=O) groups is 1. The zero-order valence-corrected chi connectivity index (χ0v) is 12.6. The fourth-order valence-corrected chi connectivity index (χ4v) is 2.49. The Kier molecular flexibility index (Phi) is 4.55. The number of hydrogen-bond acceptors (Lipinski definition) is 4. The minimum absolute atomic E-state index is 0.0971. The molecule has 0 unspecified atom stereocenters. The topological polar surface area (TPSA) is 81.1 Å². The minimum atomic E-state index is -0.306. The van der Waals surface area contributed by atoms with Gasteiger partial charge >= 0.3 is 6.03 Å². The summed E-state index contributed by atoms with van der Waals surface area (Å²) in [7, 11) is 0. The first-order valence-electron chi connectivity index (χ1n) is 7.03. The van der Waals surface area contributed by atoms with Crippen molar-refractivity contribution in [3.8, 4) is 5.69 Å². The van der Waals surface area contributed by atoms with Crippen LogP contribution in [0.5, 0.6) is 0 Å². The van der Waals surface area contributed by atoms with Crippen LogP contribution in [0.3, 0.4) is 0 Å². The molecule has 3 rings (SSSR count). The summed E-state index contributed by atoms with van der Waals surface area (Å²) in [6.45, 7) is 1.25. The number of hydrogen-bond donors (Lipinski definition) is 2. The predicted octanol–water partition coefficient (Wildman–Crippen LogP) is 2.22. The van der Waals surface area contributed by atoms with Crippen LogP contribution >= 0.6 is 11.6 Å². The van der Waals surface area contributed by atoms with Gasteiger partial charge in [-0.15, -0.1) is 0 Å². The summed E-state index contributed by atoms with van der Waals surface area (Å²) in [5, 5.41) is 10.2. The summed E-state index contributed by atoms with van der Waals surface area (Å²) in [5.74, 6) is 0. The fraction of sp³-hybridized carbons (Fsp3) is 0.357. The van der Waals surface area contributed by atoms with E-state index in [4.69, 9.17) is 16.3 Å². The van der Waals surface area contributed by atoms with Crippen LogP contribution in [0.25, 0.3) is 5.69 Å². The molecule has 1 fully saturated rings. The number of urea groups is 1. The van der Waals surface area contributed by atoms with Gasteiger partial charge < -0.3 is 15.4 Å². The van der Waals surface area contributed by atoms with Crippen LogP contribution in [0, 0.1) is 0 Å². The monoisotopic (exact) mass is 321 g/mol. The number of carbonyl (C=O) groups excluding carboxylic acids is 1. The number of halogens is 1. The predicted molar refractivity (Wildman–Crippen MR) is 82.4 cm³/mol. The summed E-state index contributed by atoms with van der Waals surface area (Å²) in [4.78, 5) is 15.9. The lowest BCUT2D eigenvalue weighted by Gasteiger charge is -2.14. The van der Waals surface area contributed by atoms with Crippen molar-refractivity contribution in [3.05, 3.63) is 35.9 Å². The van der Waals surface area contributed by atoms with Crippen molar-refractivity contribution in [1.29, 1.82) is 0 Å². The van der Waals surface area contributed by atoms with Gasteiger partial charge in [0.15, 0.2) is 0 Å². The van der Waals surface area contributed by atoms with Crippen LogP contribution in [0.2, 0.25) is 5.02 Å². The van der Waals surface area contributed by atoms with Crippen LogP contribution < -0.4 is 10.6 Å². The third-order valence-electron chi connectivity index (χ3n) is 3.39. The molecule has 1 aromatic carbocycles. The molecule has 2 amide bonds. The number of benzene rings is 1. The molecule has 0 aliphatic carbocycles. The van der Waals surface area contributed by atoms with Gasteiger partial charge in [0.2, 0.25) is 0 Å². The van der Waals surface area contributed by atoms with Crippen LogP contribution in [-0.4, -0.2) is 40.1 Å². The van der Waals surface area contributed by atoms with Crippen molar-refractivity contribution in [1.82, 2.24) is 20.1 Å². The van der Waals surface area contributed by atoms with E-state index in [1.54, 1.807) is 29.2 Å². The van der Waals surface area contributed by atoms with Gasteiger partial charge in [0.1, 0.15) is 12.7 Å². The highest BCUT2D eigenvalue weighted by molar-refractivity contribution is 6.31. The number of ether oxygens (including phenoxy) is 1. The maximum absolute atomic E-state index is 12.0. The molecule has 1 aromatic heterocycles. The van der Waals surface area contributed by atoms with E-state index in [0.717, 1.165) is 19.4 Å². The number of anilines is 1. The maximum Gasteiger partial charge on any atom is 0.319 e. The van der Waals surface area contributed by atoms with Crippen molar-refractivity contribution < 1.29 is 9.53 Å². The Balaban J connectivity index is 1.68. The van der Waals surface area contributed by atoms with Crippen molar-refractivity contribution in [2.45, 2.75) is 18.9 Å². The minimum Gasteiger partial charge on any atom is -0.376 e. The number of nitrogens with one attached hydrogen (secondary N) is 2. The smallest absolute Gasteiger partial charge is 0.319 e. The molecule has 1 aliphatic heterocycles. The molecule has 1 atom stereocenters. The first-order chi connectivity index (χ1) is 10.7. The molecule has 22 heavy (non-hydrogen) atoms. The Morgan fingerprint density at radius 3 is 3.14 bits per heavy atom. The van der Waals surface area contributed by atoms with Crippen LogP contribution in [0.4, 0.5) is 10.5 Å². The first kappa shape index (κ1) is 14.8. The second kappa shape index (κ2) is 6.76. The van der Waals surface area contributed by atoms with E-state index in [-0.39, 0.29) is 12.1 Å². The average molecular weight is 322 g/mol. The van der Waals surface area contributed by atoms with E-state index < -0.39 is 0 Å². The van der Waals surface area contributed by atoms with Gasteiger partial charge in [-0.1, -0.05) is 11.6 Å². The van der Waals surface area contributed by atoms with Gasteiger partial charge in [0.25, 0.3) is 0 Å². The second-order valence-electron chi connectivity index (χ2n) is 4.97. The summed E-state index contributed by atoms with van der Waals surface area (Å²) < 4.78 is 7.03.